The molecule has 0 saturated heterocycles. The van der Waals surface area contributed by atoms with E-state index in [2.05, 4.69) is 4.98 Å². The maximum absolute atomic E-state index is 12.6. The number of para-hydroxylation sites is 1. The van der Waals surface area contributed by atoms with Gasteiger partial charge in [0, 0.05) is 13.1 Å². The summed E-state index contributed by atoms with van der Waals surface area (Å²) in [6.07, 6.45) is 0. The third kappa shape index (κ3) is 2.38. The van der Waals surface area contributed by atoms with Gasteiger partial charge in [0.2, 0.25) is 5.91 Å². The van der Waals surface area contributed by atoms with Crippen LogP contribution >= 0.6 is 12.2 Å². The lowest BCUT2D eigenvalue weighted by Gasteiger charge is -2.24. The zero-order chi connectivity index (χ0) is 14.9. The van der Waals surface area contributed by atoms with Gasteiger partial charge >= 0.3 is 0 Å². The largest absolute Gasteiger partial charge is 0.341 e. The first-order valence-corrected chi connectivity index (χ1v) is 7.40. The van der Waals surface area contributed by atoms with Gasteiger partial charge in [-0.2, -0.15) is 0 Å². The standard InChI is InChI=1S/C15H21N3OS/c1-5-17(6-2)14(19)11(4)18-13-10(3)8-7-9-12(13)16-15(18)20/h7-9,11H,5-6H2,1-4H3,(H,16,20). The first-order chi connectivity index (χ1) is 9.51. The highest BCUT2D eigenvalue weighted by molar-refractivity contribution is 7.71. The van der Waals surface area contributed by atoms with Crippen LogP contribution < -0.4 is 0 Å². The van der Waals surface area contributed by atoms with Crippen molar-refractivity contribution in [3.8, 4) is 0 Å². The summed E-state index contributed by atoms with van der Waals surface area (Å²) >= 11 is 5.40. The summed E-state index contributed by atoms with van der Waals surface area (Å²) in [4.78, 5) is 17.6. The van der Waals surface area contributed by atoms with Crippen molar-refractivity contribution in [2.24, 2.45) is 0 Å². The van der Waals surface area contributed by atoms with Gasteiger partial charge in [-0.1, -0.05) is 12.1 Å². The molecule has 1 unspecified atom stereocenters. The number of rotatable bonds is 4. The highest BCUT2D eigenvalue weighted by Crippen LogP contribution is 2.23. The van der Waals surface area contributed by atoms with Crippen LogP contribution in [0.1, 0.15) is 32.4 Å². The number of benzene rings is 1. The van der Waals surface area contributed by atoms with Crippen LogP contribution in [0.3, 0.4) is 0 Å². The fourth-order valence-corrected chi connectivity index (χ4v) is 3.00. The van der Waals surface area contributed by atoms with Crippen LogP contribution in [-0.4, -0.2) is 33.4 Å². The molecule has 2 aromatic rings. The molecule has 2 rings (SSSR count). The Kier molecular flexibility index (Phi) is 4.28. The first kappa shape index (κ1) is 14.8. The molecule has 1 N–H and O–H groups in total. The van der Waals surface area contributed by atoms with Crippen molar-refractivity contribution in [1.82, 2.24) is 14.5 Å². The van der Waals surface area contributed by atoms with Crippen molar-refractivity contribution in [2.75, 3.05) is 13.1 Å². The number of carbonyl (C=O) groups excluding carboxylic acids is 1. The fourth-order valence-electron chi connectivity index (χ4n) is 2.64. The number of hydrogen-bond acceptors (Lipinski definition) is 2. The van der Waals surface area contributed by atoms with Crippen LogP contribution in [0.15, 0.2) is 18.2 Å². The maximum atomic E-state index is 12.6. The quantitative estimate of drug-likeness (QED) is 0.877. The van der Waals surface area contributed by atoms with E-state index in [1.54, 1.807) is 0 Å². The summed E-state index contributed by atoms with van der Waals surface area (Å²) in [5.41, 5.74) is 3.12. The van der Waals surface area contributed by atoms with Crippen LogP contribution in [0.2, 0.25) is 0 Å². The topological polar surface area (TPSA) is 41.0 Å². The number of H-pyrrole nitrogens is 1. The van der Waals surface area contributed by atoms with E-state index in [1.165, 1.54) is 0 Å². The van der Waals surface area contributed by atoms with Crippen LogP contribution in [0, 0.1) is 11.7 Å². The van der Waals surface area contributed by atoms with Crippen molar-refractivity contribution in [1.29, 1.82) is 0 Å². The Morgan fingerprint density at radius 2 is 2.05 bits per heavy atom. The molecule has 0 radical (unpaired) electrons. The molecule has 0 bridgehead atoms. The fraction of sp³-hybridized carbons (Fsp3) is 0.467. The van der Waals surface area contributed by atoms with E-state index in [1.807, 2.05) is 55.4 Å². The average molecular weight is 291 g/mol. The molecule has 5 heteroatoms. The zero-order valence-electron chi connectivity index (χ0n) is 12.4. The van der Waals surface area contributed by atoms with Gasteiger partial charge in [0.1, 0.15) is 6.04 Å². The smallest absolute Gasteiger partial charge is 0.245 e. The molecule has 0 aliphatic rings. The number of fused-ring (bicyclic) bond motifs is 1. The number of likely N-dealkylation sites (N-methyl/N-ethyl adjacent to an activating group) is 1. The van der Waals surface area contributed by atoms with Crippen molar-refractivity contribution in [2.45, 2.75) is 33.7 Å². The summed E-state index contributed by atoms with van der Waals surface area (Å²) in [5.74, 6) is 0.107. The number of hydrogen-bond donors (Lipinski definition) is 1. The Bertz CT molecular complexity index is 682. The molecule has 4 nitrogen and oxygen atoms in total. The van der Waals surface area contributed by atoms with Crippen LogP contribution in [0.4, 0.5) is 0 Å². The van der Waals surface area contributed by atoms with E-state index >= 15 is 0 Å². The number of nitrogens with one attached hydrogen (secondary N) is 1. The monoisotopic (exact) mass is 291 g/mol. The minimum absolute atomic E-state index is 0.107. The molecule has 0 fully saturated rings. The molecule has 1 aromatic carbocycles. The predicted molar refractivity (Wildman–Crippen MR) is 84.5 cm³/mol. The van der Waals surface area contributed by atoms with Crippen LogP contribution in [0.25, 0.3) is 11.0 Å². The van der Waals surface area contributed by atoms with E-state index < -0.39 is 0 Å². The lowest BCUT2D eigenvalue weighted by atomic mass is 10.2. The highest BCUT2D eigenvalue weighted by Gasteiger charge is 2.22. The van der Waals surface area contributed by atoms with Gasteiger partial charge in [0.05, 0.1) is 11.0 Å². The molecule has 1 amide bonds. The number of imidazole rings is 1. The molecule has 1 aromatic heterocycles. The summed E-state index contributed by atoms with van der Waals surface area (Å²) in [6.45, 7) is 9.37. The number of carbonyl (C=O) groups is 1. The summed E-state index contributed by atoms with van der Waals surface area (Å²) < 4.78 is 2.53. The van der Waals surface area contributed by atoms with Crippen molar-refractivity contribution >= 4 is 29.2 Å². The summed E-state index contributed by atoms with van der Waals surface area (Å²) in [7, 11) is 0. The second-order valence-electron chi connectivity index (χ2n) is 4.96. The minimum Gasteiger partial charge on any atom is -0.341 e. The van der Waals surface area contributed by atoms with Crippen molar-refractivity contribution in [3.05, 3.63) is 28.5 Å². The third-order valence-corrected chi connectivity index (χ3v) is 4.06. The van der Waals surface area contributed by atoms with E-state index in [0.717, 1.165) is 16.6 Å². The van der Waals surface area contributed by atoms with Crippen LogP contribution in [-0.2, 0) is 4.79 Å². The summed E-state index contributed by atoms with van der Waals surface area (Å²) in [6, 6.07) is 5.72. The van der Waals surface area contributed by atoms with E-state index in [4.69, 9.17) is 12.2 Å². The van der Waals surface area contributed by atoms with Gasteiger partial charge in [-0.25, -0.2) is 0 Å². The van der Waals surface area contributed by atoms with Gasteiger partial charge < -0.3 is 14.5 Å². The Balaban J connectivity index is 2.55. The van der Waals surface area contributed by atoms with Gasteiger partial charge in [0.25, 0.3) is 0 Å². The SMILES string of the molecule is CCN(CC)C(=O)C(C)n1c(=S)[nH]c2cccc(C)c21. The van der Waals surface area contributed by atoms with Gasteiger partial charge in [0.15, 0.2) is 4.77 Å². The van der Waals surface area contributed by atoms with Crippen molar-refractivity contribution < 1.29 is 4.79 Å². The van der Waals surface area contributed by atoms with Crippen LogP contribution in [0.5, 0.6) is 0 Å². The Morgan fingerprint density at radius 3 is 2.65 bits per heavy atom. The molecule has 0 aliphatic carbocycles. The van der Waals surface area contributed by atoms with Crippen molar-refractivity contribution in [3.63, 3.8) is 0 Å². The Labute approximate surface area is 124 Å². The molecule has 0 spiro atoms. The number of aryl methyl sites for hydroxylation is 1. The zero-order valence-corrected chi connectivity index (χ0v) is 13.3. The predicted octanol–water partition coefficient (Wildman–Crippen LogP) is 3.44. The minimum atomic E-state index is -0.294. The molecule has 1 atom stereocenters. The molecule has 1 heterocycles. The first-order valence-electron chi connectivity index (χ1n) is 6.99. The Hall–Kier alpha value is -1.62. The van der Waals surface area contributed by atoms with Gasteiger partial charge in [-0.05, 0) is 51.5 Å². The van der Waals surface area contributed by atoms with E-state index in [0.29, 0.717) is 17.9 Å². The molecular weight excluding hydrogens is 270 g/mol. The van der Waals surface area contributed by atoms with Gasteiger partial charge in [-0.3, -0.25) is 4.79 Å². The second-order valence-corrected chi connectivity index (χ2v) is 5.34. The molecular formula is C15H21N3OS. The molecule has 0 aliphatic heterocycles. The molecule has 20 heavy (non-hydrogen) atoms. The van der Waals surface area contributed by atoms with Gasteiger partial charge in [-0.15, -0.1) is 0 Å². The highest BCUT2D eigenvalue weighted by atomic mass is 32.1. The Morgan fingerprint density at radius 1 is 1.40 bits per heavy atom. The lowest BCUT2D eigenvalue weighted by Crippen LogP contribution is -2.36. The molecule has 0 saturated carbocycles. The normalized spacial score (nSPS) is 12.6. The third-order valence-electron chi connectivity index (χ3n) is 3.76. The maximum Gasteiger partial charge on any atom is 0.245 e. The van der Waals surface area contributed by atoms with E-state index in [9.17, 15) is 4.79 Å². The second kappa shape index (κ2) is 5.79. The number of amides is 1. The van der Waals surface area contributed by atoms with E-state index in [-0.39, 0.29) is 11.9 Å². The number of aromatic nitrogens is 2. The lowest BCUT2D eigenvalue weighted by molar-refractivity contribution is -0.133. The average Bonchev–Trinajstić information content (AvgIpc) is 2.76. The number of aromatic amines is 1. The number of nitrogens with zero attached hydrogens (tertiary/aromatic N) is 2. The molecule has 108 valence electrons. The summed E-state index contributed by atoms with van der Waals surface area (Å²) in [5, 5.41) is 0.